The fraction of sp³-hybridized carbons (Fsp3) is 0.939. The Balaban J connectivity index is 4.26. The number of hydrogen-bond donors (Lipinski definition) is 0. The van der Waals surface area contributed by atoms with Crippen LogP contribution in [0.1, 0.15) is 272 Å². The van der Waals surface area contributed by atoms with Crippen LogP contribution in [0.4, 0.5) is 0 Å². The molecule has 0 aliphatic rings. The van der Waals surface area contributed by atoms with Gasteiger partial charge in [-0.25, -0.2) is 0 Å². The number of unbranched alkanes of at least 4 members (excludes halogenated alkanes) is 31. The molecule has 0 saturated heterocycles. The lowest BCUT2D eigenvalue weighted by molar-refractivity contribution is -0.167. The first-order valence-electron chi connectivity index (χ1n) is 24.4. The molecular weight excluding hydrogens is 685 g/mol. The van der Waals surface area contributed by atoms with Crippen molar-refractivity contribution in [2.45, 2.75) is 278 Å². The van der Waals surface area contributed by atoms with Gasteiger partial charge in [-0.05, 0) is 25.2 Å². The van der Waals surface area contributed by atoms with Crippen LogP contribution in [0.3, 0.4) is 0 Å². The molecule has 0 aliphatic carbocycles. The van der Waals surface area contributed by atoms with Gasteiger partial charge in [0.05, 0.1) is 0 Å². The van der Waals surface area contributed by atoms with Crippen molar-refractivity contribution in [3.05, 3.63) is 0 Å². The molecule has 0 aliphatic heterocycles. The standard InChI is InChI=1S/C49H94O6/c1-5-7-9-11-13-15-16-17-21-25-28-32-36-40-47(50)53-43-46(55-49(52)42-38-34-30-23-14-12-10-8-6-2)44-54-48(51)41-37-33-29-26-22-19-18-20-24-27-31-35-39-45(3)4/h45-46H,5-44H2,1-4H3/t46-/m0/s1. The summed E-state index contributed by atoms with van der Waals surface area (Å²) in [7, 11) is 0. The lowest BCUT2D eigenvalue weighted by atomic mass is 10.0. The van der Waals surface area contributed by atoms with Gasteiger partial charge < -0.3 is 14.2 Å². The predicted octanol–water partition coefficient (Wildman–Crippen LogP) is 15.5. The maximum atomic E-state index is 12.7. The Bertz CT molecular complexity index is 826. The fourth-order valence-corrected chi connectivity index (χ4v) is 7.33. The summed E-state index contributed by atoms with van der Waals surface area (Å²) in [6, 6.07) is 0. The van der Waals surface area contributed by atoms with E-state index < -0.39 is 6.10 Å². The Morgan fingerprint density at radius 1 is 0.345 bits per heavy atom. The lowest BCUT2D eigenvalue weighted by Gasteiger charge is -2.18. The molecule has 326 valence electrons. The van der Waals surface area contributed by atoms with Gasteiger partial charge in [0.25, 0.3) is 0 Å². The van der Waals surface area contributed by atoms with Crippen LogP contribution in [0.25, 0.3) is 0 Å². The first-order valence-corrected chi connectivity index (χ1v) is 24.4. The largest absolute Gasteiger partial charge is 0.462 e. The third-order valence-corrected chi connectivity index (χ3v) is 11.0. The molecule has 0 bridgehead atoms. The van der Waals surface area contributed by atoms with Crippen molar-refractivity contribution in [1.29, 1.82) is 0 Å². The van der Waals surface area contributed by atoms with E-state index >= 15 is 0 Å². The van der Waals surface area contributed by atoms with Gasteiger partial charge in [0.15, 0.2) is 6.10 Å². The Hall–Kier alpha value is -1.59. The zero-order chi connectivity index (χ0) is 40.3. The van der Waals surface area contributed by atoms with E-state index in [2.05, 4.69) is 27.7 Å². The zero-order valence-electron chi connectivity index (χ0n) is 37.4. The molecule has 0 rings (SSSR count). The smallest absolute Gasteiger partial charge is 0.306 e. The van der Waals surface area contributed by atoms with Gasteiger partial charge >= 0.3 is 17.9 Å². The highest BCUT2D eigenvalue weighted by atomic mass is 16.6. The van der Waals surface area contributed by atoms with E-state index in [-0.39, 0.29) is 31.1 Å². The van der Waals surface area contributed by atoms with Gasteiger partial charge in [0, 0.05) is 19.3 Å². The van der Waals surface area contributed by atoms with Crippen molar-refractivity contribution in [3.8, 4) is 0 Å². The molecule has 0 unspecified atom stereocenters. The molecule has 0 radical (unpaired) electrons. The van der Waals surface area contributed by atoms with E-state index in [0.29, 0.717) is 19.3 Å². The Morgan fingerprint density at radius 3 is 0.891 bits per heavy atom. The van der Waals surface area contributed by atoms with Gasteiger partial charge in [-0.2, -0.15) is 0 Å². The molecule has 0 fully saturated rings. The van der Waals surface area contributed by atoms with E-state index in [0.717, 1.165) is 63.7 Å². The molecule has 6 nitrogen and oxygen atoms in total. The maximum absolute atomic E-state index is 12.7. The summed E-state index contributed by atoms with van der Waals surface area (Å²) in [5.41, 5.74) is 0. The van der Waals surface area contributed by atoms with Gasteiger partial charge in [0.1, 0.15) is 13.2 Å². The van der Waals surface area contributed by atoms with Crippen LogP contribution in [0.15, 0.2) is 0 Å². The number of hydrogen-bond acceptors (Lipinski definition) is 6. The first-order chi connectivity index (χ1) is 26.9. The number of rotatable bonds is 44. The number of carbonyl (C=O) groups is 3. The summed E-state index contributed by atoms with van der Waals surface area (Å²) in [5.74, 6) is -0.0173. The molecule has 6 heteroatoms. The van der Waals surface area contributed by atoms with E-state index in [1.807, 2.05) is 0 Å². The second-order valence-electron chi connectivity index (χ2n) is 17.2. The van der Waals surface area contributed by atoms with Crippen LogP contribution in [0.5, 0.6) is 0 Å². The van der Waals surface area contributed by atoms with Crippen molar-refractivity contribution in [2.75, 3.05) is 13.2 Å². The SMILES string of the molecule is CCCCCCCCCCCCCCCC(=O)OC[C@@H](COC(=O)CCCCCCCCCCCCCCC(C)C)OC(=O)CCCCCCCCCCC. The molecule has 0 amide bonds. The third kappa shape index (κ3) is 43.4. The van der Waals surface area contributed by atoms with E-state index in [1.54, 1.807) is 0 Å². The minimum absolute atomic E-state index is 0.0633. The number of ether oxygens (including phenoxy) is 3. The third-order valence-electron chi connectivity index (χ3n) is 11.0. The molecule has 0 spiro atoms. The molecule has 0 aromatic carbocycles. The van der Waals surface area contributed by atoms with Crippen molar-refractivity contribution in [3.63, 3.8) is 0 Å². The summed E-state index contributed by atoms with van der Waals surface area (Å²) in [6.45, 7) is 9.00. The van der Waals surface area contributed by atoms with Crippen LogP contribution in [-0.2, 0) is 28.6 Å². The van der Waals surface area contributed by atoms with Crippen LogP contribution in [0, 0.1) is 5.92 Å². The van der Waals surface area contributed by atoms with Crippen LogP contribution in [0.2, 0.25) is 0 Å². The second-order valence-corrected chi connectivity index (χ2v) is 17.2. The quantitative estimate of drug-likeness (QED) is 0.0348. The van der Waals surface area contributed by atoms with Gasteiger partial charge in [0.2, 0.25) is 0 Å². The molecule has 0 N–H and O–H groups in total. The Labute approximate surface area is 342 Å². The number of esters is 3. The van der Waals surface area contributed by atoms with E-state index in [1.165, 1.54) is 167 Å². The highest BCUT2D eigenvalue weighted by Gasteiger charge is 2.19. The second kappa shape index (κ2) is 43.5. The molecule has 0 heterocycles. The Kier molecular flexibility index (Phi) is 42.3. The van der Waals surface area contributed by atoms with Gasteiger partial charge in [-0.1, -0.05) is 233 Å². The minimum Gasteiger partial charge on any atom is -0.462 e. The summed E-state index contributed by atoms with van der Waals surface area (Å²) in [5, 5.41) is 0. The average molecular weight is 779 g/mol. The molecule has 55 heavy (non-hydrogen) atoms. The van der Waals surface area contributed by atoms with Gasteiger partial charge in [-0.3, -0.25) is 14.4 Å². The van der Waals surface area contributed by atoms with Crippen LogP contribution < -0.4 is 0 Å². The van der Waals surface area contributed by atoms with Crippen molar-refractivity contribution in [1.82, 2.24) is 0 Å². The minimum atomic E-state index is -0.759. The van der Waals surface area contributed by atoms with Crippen LogP contribution >= 0.6 is 0 Å². The zero-order valence-corrected chi connectivity index (χ0v) is 37.4. The summed E-state index contributed by atoms with van der Waals surface area (Å²) in [4.78, 5) is 37.8. The summed E-state index contributed by atoms with van der Waals surface area (Å²) < 4.78 is 16.7. The van der Waals surface area contributed by atoms with E-state index in [4.69, 9.17) is 14.2 Å². The average Bonchev–Trinajstić information content (AvgIpc) is 3.17. The fourth-order valence-electron chi connectivity index (χ4n) is 7.33. The highest BCUT2D eigenvalue weighted by molar-refractivity contribution is 5.71. The molecular formula is C49H94O6. The molecule has 1 atom stereocenters. The predicted molar refractivity (Wildman–Crippen MR) is 233 cm³/mol. The Morgan fingerprint density at radius 2 is 0.600 bits per heavy atom. The topological polar surface area (TPSA) is 78.9 Å². The van der Waals surface area contributed by atoms with Gasteiger partial charge in [-0.15, -0.1) is 0 Å². The molecule has 0 aromatic heterocycles. The summed E-state index contributed by atoms with van der Waals surface area (Å²) >= 11 is 0. The monoisotopic (exact) mass is 779 g/mol. The summed E-state index contributed by atoms with van der Waals surface area (Å²) in [6.07, 6.45) is 43.7. The van der Waals surface area contributed by atoms with Crippen LogP contribution in [-0.4, -0.2) is 37.2 Å². The van der Waals surface area contributed by atoms with Crippen molar-refractivity contribution < 1.29 is 28.6 Å². The highest BCUT2D eigenvalue weighted by Crippen LogP contribution is 2.16. The van der Waals surface area contributed by atoms with Crippen molar-refractivity contribution >= 4 is 17.9 Å². The maximum Gasteiger partial charge on any atom is 0.306 e. The number of carbonyl (C=O) groups excluding carboxylic acids is 3. The molecule has 0 aromatic rings. The molecule has 0 saturated carbocycles. The normalized spacial score (nSPS) is 11.9. The lowest BCUT2D eigenvalue weighted by Crippen LogP contribution is -2.30. The van der Waals surface area contributed by atoms with Crippen molar-refractivity contribution in [2.24, 2.45) is 5.92 Å². The van der Waals surface area contributed by atoms with E-state index in [9.17, 15) is 14.4 Å². The first kappa shape index (κ1) is 53.4.